The second-order valence-corrected chi connectivity index (χ2v) is 6.39. The van der Waals surface area contributed by atoms with Gasteiger partial charge in [0.25, 0.3) is 0 Å². The van der Waals surface area contributed by atoms with E-state index in [-0.39, 0.29) is 50.7 Å². The number of hydrogen-bond donors (Lipinski definition) is 0. The number of amides is 2. The van der Waals surface area contributed by atoms with Crippen LogP contribution in [0.3, 0.4) is 0 Å². The highest BCUT2D eigenvalue weighted by atomic mass is 35.5. The van der Waals surface area contributed by atoms with Crippen molar-refractivity contribution in [2.45, 2.75) is 26.2 Å². The molecule has 1 atom stereocenters. The second kappa shape index (κ2) is 8.50. The van der Waals surface area contributed by atoms with E-state index in [1.54, 1.807) is 11.0 Å². The van der Waals surface area contributed by atoms with Gasteiger partial charge in [0.05, 0.1) is 30.9 Å². The first kappa shape index (κ1) is 18.8. The van der Waals surface area contributed by atoms with Crippen LogP contribution in [0.5, 0.6) is 0 Å². The van der Waals surface area contributed by atoms with E-state index in [1.165, 1.54) is 4.90 Å². The van der Waals surface area contributed by atoms with Crippen LogP contribution in [0.2, 0.25) is 5.02 Å². The molecule has 0 spiro atoms. The monoisotopic (exact) mass is 358 g/mol. The third-order valence-corrected chi connectivity index (χ3v) is 4.65. The Kier molecular flexibility index (Phi) is 6.38. The van der Waals surface area contributed by atoms with E-state index in [1.807, 2.05) is 31.2 Å². The number of rotatable bonds is 6. The SMILES string of the molecule is Cc1ccc(N2C[C@@H](C(=O)N(CCC#N)CCC#N)CC2=O)cc1Cl. The quantitative estimate of drug-likeness (QED) is 0.782. The highest BCUT2D eigenvalue weighted by Gasteiger charge is 2.37. The summed E-state index contributed by atoms with van der Waals surface area (Å²) in [6, 6.07) is 9.39. The summed E-state index contributed by atoms with van der Waals surface area (Å²) in [5, 5.41) is 18.1. The van der Waals surface area contributed by atoms with Crippen molar-refractivity contribution in [3.63, 3.8) is 0 Å². The minimum Gasteiger partial charge on any atom is -0.340 e. The summed E-state index contributed by atoms with van der Waals surface area (Å²) in [7, 11) is 0. The van der Waals surface area contributed by atoms with Crippen LogP contribution in [-0.2, 0) is 9.59 Å². The molecule has 0 radical (unpaired) electrons. The van der Waals surface area contributed by atoms with Gasteiger partial charge in [0.2, 0.25) is 11.8 Å². The summed E-state index contributed by atoms with van der Waals surface area (Å²) in [6.45, 7) is 2.72. The standard InChI is InChI=1S/C18H19ClN4O2/c1-13-4-5-15(11-16(13)19)23-12-14(10-17(23)24)18(25)22(8-2-6-20)9-3-7-21/h4-5,11,14H,2-3,8-10,12H2,1H3/t14-/m0/s1. The third-order valence-electron chi connectivity index (χ3n) is 4.24. The zero-order chi connectivity index (χ0) is 18.4. The summed E-state index contributed by atoms with van der Waals surface area (Å²) in [4.78, 5) is 28.1. The lowest BCUT2D eigenvalue weighted by Crippen LogP contribution is -2.38. The number of aryl methyl sites for hydroxylation is 1. The van der Waals surface area contributed by atoms with Gasteiger partial charge in [0.1, 0.15) is 0 Å². The number of hydrogen-bond acceptors (Lipinski definition) is 4. The average molecular weight is 359 g/mol. The molecule has 130 valence electrons. The van der Waals surface area contributed by atoms with Crippen LogP contribution in [0.15, 0.2) is 18.2 Å². The summed E-state index contributed by atoms with van der Waals surface area (Å²) in [5.41, 5.74) is 1.60. The van der Waals surface area contributed by atoms with E-state index in [2.05, 4.69) is 0 Å². The largest absolute Gasteiger partial charge is 0.340 e. The molecular weight excluding hydrogens is 340 g/mol. The van der Waals surface area contributed by atoms with E-state index in [0.29, 0.717) is 10.7 Å². The van der Waals surface area contributed by atoms with Gasteiger partial charge in [-0.3, -0.25) is 9.59 Å². The molecule has 1 heterocycles. The Morgan fingerprint density at radius 2 is 1.96 bits per heavy atom. The molecular formula is C18H19ClN4O2. The zero-order valence-electron chi connectivity index (χ0n) is 14.0. The Labute approximate surface area is 152 Å². The van der Waals surface area contributed by atoms with Gasteiger partial charge in [-0.2, -0.15) is 10.5 Å². The molecule has 7 heteroatoms. The normalized spacial score (nSPS) is 16.4. The van der Waals surface area contributed by atoms with Crippen LogP contribution in [0.25, 0.3) is 0 Å². The molecule has 25 heavy (non-hydrogen) atoms. The van der Waals surface area contributed by atoms with Crippen molar-refractivity contribution >= 4 is 29.1 Å². The van der Waals surface area contributed by atoms with Gasteiger partial charge >= 0.3 is 0 Å². The molecule has 0 N–H and O–H groups in total. The van der Waals surface area contributed by atoms with Crippen LogP contribution >= 0.6 is 11.6 Å². The number of nitriles is 2. The number of benzene rings is 1. The summed E-state index contributed by atoms with van der Waals surface area (Å²) in [6.07, 6.45) is 0.532. The van der Waals surface area contributed by atoms with Crippen LogP contribution in [0.1, 0.15) is 24.8 Å². The van der Waals surface area contributed by atoms with Gasteiger partial charge in [-0.1, -0.05) is 17.7 Å². The minimum absolute atomic E-state index is 0.125. The number of nitrogens with zero attached hydrogens (tertiary/aromatic N) is 4. The van der Waals surface area contributed by atoms with Gasteiger partial charge in [-0.25, -0.2) is 0 Å². The summed E-state index contributed by atoms with van der Waals surface area (Å²) >= 11 is 6.13. The van der Waals surface area contributed by atoms with Gasteiger partial charge in [-0.15, -0.1) is 0 Å². The topological polar surface area (TPSA) is 88.2 Å². The smallest absolute Gasteiger partial charge is 0.228 e. The predicted molar refractivity (Wildman–Crippen MR) is 93.7 cm³/mol. The maximum absolute atomic E-state index is 12.7. The molecule has 1 aliphatic rings. The molecule has 0 aliphatic carbocycles. The number of halogens is 1. The average Bonchev–Trinajstić information content (AvgIpc) is 2.99. The summed E-state index contributed by atoms with van der Waals surface area (Å²) in [5.74, 6) is -0.775. The Bertz CT molecular complexity index is 732. The maximum atomic E-state index is 12.7. The molecule has 1 aromatic rings. The molecule has 2 rings (SSSR count). The molecule has 1 fully saturated rings. The highest BCUT2D eigenvalue weighted by Crippen LogP contribution is 2.29. The van der Waals surface area contributed by atoms with Crippen molar-refractivity contribution in [3.05, 3.63) is 28.8 Å². The Morgan fingerprint density at radius 3 is 2.52 bits per heavy atom. The fraction of sp³-hybridized carbons (Fsp3) is 0.444. The Hall–Kier alpha value is -2.57. The molecule has 0 unspecified atom stereocenters. The maximum Gasteiger partial charge on any atom is 0.228 e. The number of anilines is 1. The first-order chi connectivity index (χ1) is 12.0. The Morgan fingerprint density at radius 1 is 1.32 bits per heavy atom. The number of carbonyl (C=O) groups is 2. The lowest BCUT2D eigenvalue weighted by atomic mass is 10.1. The van der Waals surface area contributed by atoms with Crippen molar-refractivity contribution in [1.82, 2.24) is 4.90 Å². The molecule has 6 nitrogen and oxygen atoms in total. The third kappa shape index (κ3) is 4.49. The molecule has 1 saturated heterocycles. The predicted octanol–water partition coefficient (Wildman–Crippen LogP) is 2.66. The molecule has 0 bridgehead atoms. The molecule has 0 saturated carbocycles. The number of carbonyl (C=O) groups excluding carboxylic acids is 2. The first-order valence-electron chi connectivity index (χ1n) is 8.07. The van der Waals surface area contributed by atoms with Crippen LogP contribution in [0.4, 0.5) is 5.69 Å². The van der Waals surface area contributed by atoms with E-state index >= 15 is 0 Å². The van der Waals surface area contributed by atoms with Crippen LogP contribution < -0.4 is 4.90 Å². The molecule has 1 aliphatic heterocycles. The fourth-order valence-corrected chi connectivity index (χ4v) is 3.01. The van der Waals surface area contributed by atoms with Gasteiger partial charge in [-0.05, 0) is 24.6 Å². The van der Waals surface area contributed by atoms with Crippen molar-refractivity contribution < 1.29 is 9.59 Å². The minimum atomic E-state index is -0.468. The molecule has 2 amide bonds. The first-order valence-corrected chi connectivity index (χ1v) is 8.45. The van der Waals surface area contributed by atoms with Gasteiger partial charge in [0, 0.05) is 36.8 Å². The van der Waals surface area contributed by atoms with Gasteiger partial charge in [0.15, 0.2) is 0 Å². The van der Waals surface area contributed by atoms with E-state index in [4.69, 9.17) is 22.1 Å². The summed E-state index contributed by atoms with van der Waals surface area (Å²) < 4.78 is 0. The Balaban J connectivity index is 2.11. The van der Waals surface area contributed by atoms with E-state index in [0.717, 1.165) is 5.56 Å². The van der Waals surface area contributed by atoms with Crippen molar-refractivity contribution in [3.8, 4) is 12.1 Å². The van der Waals surface area contributed by atoms with Crippen LogP contribution in [-0.4, -0.2) is 36.3 Å². The lowest BCUT2D eigenvalue weighted by Gasteiger charge is -2.24. The highest BCUT2D eigenvalue weighted by molar-refractivity contribution is 6.31. The van der Waals surface area contributed by atoms with E-state index < -0.39 is 5.92 Å². The lowest BCUT2D eigenvalue weighted by molar-refractivity contribution is -0.135. The van der Waals surface area contributed by atoms with Crippen molar-refractivity contribution in [2.75, 3.05) is 24.5 Å². The zero-order valence-corrected chi connectivity index (χ0v) is 14.8. The van der Waals surface area contributed by atoms with Crippen LogP contribution in [0, 0.1) is 35.5 Å². The fourth-order valence-electron chi connectivity index (χ4n) is 2.83. The molecule has 0 aromatic heterocycles. The van der Waals surface area contributed by atoms with Crippen molar-refractivity contribution in [2.24, 2.45) is 5.92 Å². The molecule has 1 aromatic carbocycles. The second-order valence-electron chi connectivity index (χ2n) is 5.98. The van der Waals surface area contributed by atoms with Crippen molar-refractivity contribution in [1.29, 1.82) is 10.5 Å². The van der Waals surface area contributed by atoms with E-state index in [9.17, 15) is 9.59 Å². The van der Waals surface area contributed by atoms with Gasteiger partial charge < -0.3 is 9.80 Å².